The number of nitrogens with zero attached hydrogens (tertiary/aromatic N) is 3. The Hall–Kier alpha value is -3.58. The lowest BCUT2D eigenvalue weighted by atomic mass is 9.93. The molecule has 0 radical (unpaired) electrons. The summed E-state index contributed by atoms with van der Waals surface area (Å²) in [5.74, 6) is 2.04. The van der Waals surface area contributed by atoms with Gasteiger partial charge in [0.1, 0.15) is 0 Å². The molecule has 0 aliphatic carbocycles. The zero-order valence-electron chi connectivity index (χ0n) is 23.9. The number of amides is 2. The molecule has 0 aliphatic heterocycles. The Morgan fingerprint density at radius 2 is 1.49 bits per heavy atom. The fraction of sp³-hybridized carbons (Fsp3) is 0.344. The average Bonchev–Trinajstić information content (AvgIpc) is 3.32. The first kappa shape index (κ1) is 28.4. The van der Waals surface area contributed by atoms with Gasteiger partial charge in [-0.2, -0.15) is 0 Å². The molecule has 1 unspecified atom stereocenters. The number of carbonyl (C=O) groups is 1. The number of hydrogen-bond acceptors (Lipinski definition) is 4. The van der Waals surface area contributed by atoms with E-state index in [2.05, 4.69) is 134 Å². The molecule has 4 rings (SSSR count). The summed E-state index contributed by atoms with van der Waals surface area (Å²) in [6, 6.07) is 22.3. The number of benzene rings is 3. The molecule has 0 saturated heterocycles. The molecule has 1 atom stereocenters. The highest BCUT2D eigenvalue weighted by molar-refractivity contribution is 7.98. The number of nitrogens with one attached hydrogen (secondary N) is 2. The van der Waals surface area contributed by atoms with Crippen LogP contribution in [-0.4, -0.2) is 20.8 Å². The number of hydrogen-bond donors (Lipinski definition) is 2. The Balaban J connectivity index is 1.61. The number of para-hydroxylation sites is 1. The predicted octanol–water partition coefficient (Wildman–Crippen LogP) is 8.31. The molecular formula is C32H39N5OS. The lowest BCUT2D eigenvalue weighted by molar-refractivity contribution is 0.248. The lowest BCUT2D eigenvalue weighted by Crippen LogP contribution is -2.33. The van der Waals surface area contributed by atoms with Gasteiger partial charge in [0.15, 0.2) is 11.0 Å². The van der Waals surface area contributed by atoms with Crippen LogP contribution in [-0.2, 0) is 5.75 Å². The molecule has 2 N–H and O–H groups in total. The highest BCUT2D eigenvalue weighted by Gasteiger charge is 2.23. The van der Waals surface area contributed by atoms with Crippen molar-refractivity contribution in [1.29, 1.82) is 0 Å². The van der Waals surface area contributed by atoms with E-state index >= 15 is 0 Å². The molecule has 0 bridgehead atoms. The zero-order chi connectivity index (χ0) is 28.1. The Bertz CT molecular complexity index is 1400. The van der Waals surface area contributed by atoms with Crippen molar-refractivity contribution in [2.45, 2.75) is 77.3 Å². The third kappa shape index (κ3) is 6.71. The van der Waals surface area contributed by atoms with Crippen LogP contribution in [0.1, 0.15) is 86.1 Å². The second-order valence-corrected chi connectivity index (χ2v) is 11.6. The lowest BCUT2D eigenvalue weighted by Gasteiger charge is -2.22. The maximum absolute atomic E-state index is 13.3. The van der Waals surface area contributed by atoms with Gasteiger partial charge >= 0.3 is 6.03 Å². The van der Waals surface area contributed by atoms with Gasteiger partial charge in [-0.15, -0.1) is 10.2 Å². The summed E-state index contributed by atoms with van der Waals surface area (Å²) >= 11 is 1.64. The summed E-state index contributed by atoms with van der Waals surface area (Å²) in [7, 11) is 0. The first-order valence-electron chi connectivity index (χ1n) is 13.6. The van der Waals surface area contributed by atoms with Gasteiger partial charge in [0.25, 0.3) is 0 Å². The molecule has 6 nitrogen and oxygen atoms in total. The van der Waals surface area contributed by atoms with Crippen molar-refractivity contribution < 1.29 is 4.79 Å². The SMILES string of the molecule is Cc1ccc(-n2c(SCc3ccccc3C)nnc2C(C)NC(=O)Nc2c(C(C)C)cccc2C(C)C)cc1. The standard InChI is InChI=1S/C32H39N5OS/c1-20(2)27-13-10-14-28(21(3)4)29(27)34-31(38)33-24(7)30-35-36-32(37(30)26-17-15-22(5)16-18-26)39-19-25-12-9-8-11-23(25)6/h8-18,20-21,24H,19H2,1-7H3,(H2,33,34,38). The summed E-state index contributed by atoms with van der Waals surface area (Å²) in [6.45, 7) is 14.7. The summed E-state index contributed by atoms with van der Waals surface area (Å²) in [6.07, 6.45) is 0. The molecule has 1 aromatic heterocycles. The second kappa shape index (κ2) is 12.5. The molecule has 4 aromatic rings. The van der Waals surface area contributed by atoms with Crippen LogP contribution in [0.5, 0.6) is 0 Å². The molecular weight excluding hydrogens is 502 g/mol. The molecule has 7 heteroatoms. The van der Waals surface area contributed by atoms with Gasteiger partial charge < -0.3 is 10.6 Å². The number of aryl methyl sites for hydroxylation is 2. The topological polar surface area (TPSA) is 71.8 Å². The van der Waals surface area contributed by atoms with Gasteiger partial charge in [0.2, 0.25) is 0 Å². The van der Waals surface area contributed by atoms with Crippen molar-refractivity contribution in [3.05, 3.63) is 100 Å². The van der Waals surface area contributed by atoms with Crippen molar-refractivity contribution in [3.8, 4) is 5.69 Å². The number of rotatable bonds is 9. The van der Waals surface area contributed by atoms with Gasteiger partial charge in [0, 0.05) is 17.1 Å². The number of carbonyl (C=O) groups excluding carboxylic acids is 1. The van der Waals surface area contributed by atoms with Gasteiger partial charge in [-0.1, -0.05) is 99.6 Å². The fourth-order valence-electron chi connectivity index (χ4n) is 4.61. The molecule has 39 heavy (non-hydrogen) atoms. The third-order valence-corrected chi connectivity index (χ3v) is 7.89. The highest BCUT2D eigenvalue weighted by Crippen LogP contribution is 2.33. The summed E-state index contributed by atoms with van der Waals surface area (Å²) in [4.78, 5) is 13.3. The Kier molecular flexibility index (Phi) is 9.12. The van der Waals surface area contributed by atoms with E-state index in [9.17, 15) is 4.79 Å². The summed E-state index contributed by atoms with van der Waals surface area (Å²) in [5, 5.41) is 16.2. The normalized spacial score (nSPS) is 12.1. The molecule has 0 saturated carbocycles. The van der Waals surface area contributed by atoms with Crippen molar-refractivity contribution in [3.63, 3.8) is 0 Å². The molecule has 0 spiro atoms. The van der Waals surface area contributed by atoms with E-state index < -0.39 is 0 Å². The number of aromatic nitrogens is 3. The van der Waals surface area contributed by atoms with E-state index in [1.807, 2.05) is 6.92 Å². The highest BCUT2D eigenvalue weighted by atomic mass is 32.2. The Morgan fingerprint density at radius 3 is 2.10 bits per heavy atom. The van der Waals surface area contributed by atoms with Gasteiger partial charge in [-0.25, -0.2) is 4.79 Å². The second-order valence-electron chi connectivity index (χ2n) is 10.7. The van der Waals surface area contributed by atoms with E-state index in [0.29, 0.717) is 5.82 Å². The predicted molar refractivity (Wildman–Crippen MR) is 162 cm³/mol. The molecule has 2 amide bonds. The molecule has 1 heterocycles. The monoisotopic (exact) mass is 541 g/mol. The minimum Gasteiger partial charge on any atom is -0.328 e. The largest absolute Gasteiger partial charge is 0.328 e. The van der Waals surface area contributed by atoms with Crippen LogP contribution in [0.25, 0.3) is 5.69 Å². The molecule has 3 aromatic carbocycles. The zero-order valence-corrected chi connectivity index (χ0v) is 24.8. The summed E-state index contributed by atoms with van der Waals surface area (Å²) < 4.78 is 2.05. The van der Waals surface area contributed by atoms with E-state index in [4.69, 9.17) is 0 Å². The van der Waals surface area contributed by atoms with Crippen LogP contribution in [0.4, 0.5) is 10.5 Å². The van der Waals surface area contributed by atoms with Crippen LogP contribution in [0, 0.1) is 13.8 Å². The van der Waals surface area contributed by atoms with E-state index in [1.54, 1.807) is 11.8 Å². The van der Waals surface area contributed by atoms with Crippen LogP contribution in [0.3, 0.4) is 0 Å². The summed E-state index contributed by atoms with van der Waals surface area (Å²) in [5.41, 5.74) is 7.80. The molecule has 0 aliphatic rings. The van der Waals surface area contributed by atoms with Crippen molar-refractivity contribution in [1.82, 2.24) is 20.1 Å². The minimum atomic E-state index is -0.375. The van der Waals surface area contributed by atoms with Crippen LogP contribution in [0.2, 0.25) is 0 Å². The Labute approximate surface area is 236 Å². The Morgan fingerprint density at radius 1 is 0.846 bits per heavy atom. The van der Waals surface area contributed by atoms with Crippen LogP contribution < -0.4 is 10.6 Å². The smallest absolute Gasteiger partial charge is 0.319 e. The maximum Gasteiger partial charge on any atom is 0.319 e. The van der Waals surface area contributed by atoms with Crippen molar-refractivity contribution >= 4 is 23.5 Å². The van der Waals surface area contributed by atoms with Crippen LogP contribution in [0.15, 0.2) is 71.9 Å². The quantitative estimate of drug-likeness (QED) is 0.209. The van der Waals surface area contributed by atoms with Gasteiger partial charge in [-0.3, -0.25) is 4.57 Å². The third-order valence-electron chi connectivity index (χ3n) is 6.91. The van der Waals surface area contributed by atoms with Gasteiger partial charge in [0.05, 0.1) is 6.04 Å². The molecule has 0 fully saturated rings. The minimum absolute atomic E-state index is 0.259. The first-order valence-corrected chi connectivity index (χ1v) is 14.5. The van der Waals surface area contributed by atoms with E-state index in [-0.39, 0.29) is 23.9 Å². The number of thioether (sulfide) groups is 1. The average molecular weight is 542 g/mol. The maximum atomic E-state index is 13.3. The fourth-order valence-corrected chi connectivity index (χ4v) is 5.65. The van der Waals surface area contributed by atoms with Crippen molar-refractivity contribution in [2.75, 3.05) is 5.32 Å². The first-order chi connectivity index (χ1) is 18.7. The van der Waals surface area contributed by atoms with E-state index in [1.165, 1.54) is 16.7 Å². The number of anilines is 1. The number of urea groups is 1. The van der Waals surface area contributed by atoms with Gasteiger partial charge in [-0.05, 0) is 67.0 Å². The van der Waals surface area contributed by atoms with Crippen molar-refractivity contribution in [2.24, 2.45) is 0 Å². The van der Waals surface area contributed by atoms with Crippen LogP contribution >= 0.6 is 11.8 Å². The van der Waals surface area contributed by atoms with E-state index in [0.717, 1.165) is 33.4 Å². The molecule has 204 valence electrons.